The van der Waals surface area contributed by atoms with Crippen LogP contribution in [0.4, 0.5) is 45.2 Å². The average molecular weight is 623 g/mol. The number of hydrogen-bond acceptors (Lipinski definition) is 8. The summed E-state index contributed by atoms with van der Waals surface area (Å²) in [5.41, 5.74) is -6.18. The minimum Gasteiger partial charge on any atom is -0.378 e. The Morgan fingerprint density at radius 1 is 0.977 bits per heavy atom. The van der Waals surface area contributed by atoms with Crippen molar-refractivity contribution in [2.75, 3.05) is 11.9 Å². The molecule has 10 nitrogen and oxygen atoms in total. The predicted octanol–water partition coefficient (Wildman–Crippen LogP) is 4.61. The van der Waals surface area contributed by atoms with E-state index in [1.807, 2.05) is 0 Å². The number of aryl methyl sites for hydroxylation is 1. The number of nitrogens with zero attached hydrogens (tertiary/aromatic N) is 5. The molecule has 0 aliphatic heterocycles. The lowest BCUT2D eigenvalue weighted by molar-refractivity contribution is -0.139. The second kappa shape index (κ2) is 12.4. The maximum atomic E-state index is 14.8. The average Bonchev–Trinajstić information content (AvgIpc) is 2.91. The van der Waals surface area contributed by atoms with E-state index >= 15 is 0 Å². The molecule has 0 bridgehead atoms. The van der Waals surface area contributed by atoms with Crippen molar-refractivity contribution >= 4 is 16.6 Å². The molecule has 1 atom stereocenters. The number of fused-ring (bicyclic) bond motifs is 1. The number of H-pyrrole nitrogens is 1. The summed E-state index contributed by atoms with van der Waals surface area (Å²) in [6.45, 7) is -4.16. The number of halogens is 9. The number of aromatic amines is 1. The minimum absolute atomic E-state index is 0.00467. The summed E-state index contributed by atoms with van der Waals surface area (Å²) in [7, 11) is 0. The van der Waals surface area contributed by atoms with E-state index in [4.69, 9.17) is 0 Å². The first kappa shape index (κ1) is 31.4. The molecule has 0 radical (unpaired) electrons. The lowest BCUT2D eigenvalue weighted by Gasteiger charge is -2.22. The molecule has 3 heterocycles. The van der Waals surface area contributed by atoms with Gasteiger partial charge in [0.05, 0.1) is 46.8 Å². The second-order valence-electron chi connectivity index (χ2n) is 8.95. The Balaban J connectivity index is 1.52. The standard InChI is InChI=1S/C24H18F9N7O3/c25-15-4-14-16(5-13(15)19-34-6-11(7-35-19)23(28,29)30)36-10-40(21(14)42)3-1-2-12(9-43-22(26)27)38-17-8-37-39-20(41)18(17)24(31,32)33/h4-8,10,12,22H,1-3,9H2,(H2,38,39,41). The van der Waals surface area contributed by atoms with Crippen LogP contribution in [0.15, 0.2) is 46.6 Å². The number of rotatable bonds is 10. The molecule has 0 saturated heterocycles. The first-order valence-electron chi connectivity index (χ1n) is 12.0. The van der Waals surface area contributed by atoms with Gasteiger partial charge in [-0.05, 0) is 25.0 Å². The summed E-state index contributed by atoms with van der Waals surface area (Å²) >= 11 is 0. The van der Waals surface area contributed by atoms with E-state index in [-0.39, 0.29) is 41.7 Å². The highest BCUT2D eigenvalue weighted by Gasteiger charge is 2.38. The number of benzene rings is 1. The molecule has 4 rings (SSSR count). The zero-order valence-corrected chi connectivity index (χ0v) is 21.3. The van der Waals surface area contributed by atoms with E-state index in [1.165, 1.54) is 0 Å². The van der Waals surface area contributed by atoms with E-state index < -0.39 is 65.4 Å². The van der Waals surface area contributed by atoms with Crippen molar-refractivity contribution in [3.63, 3.8) is 0 Å². The van der Waals surface area contributed by atoms with Gasteiger partial charge in [-0.25, -0.2) is 24.4 Å². The molecule has 1 aromatic carbocycles. The quantitative estimate of drug-likeness (QED) is 0.245. The van der Waals surface area contributed by atoms with Gasteiger partial charge in [0.25, 0.3) is 11.1 Å². The van der Waals surface area contributed by atoms with Gasteiger partial charge in [0.2, 0.25) is 0 Å². The molecular formula is C24H18F9N7O3. The Bertz CT molecular complexity index is 1700. The zero-order valence-electron chi connectivity index (χ0n) is 21.3. The predicted molar refractivity (Wildman–Crippen MR) is 130 cm³/mol. The van der Waals surface area contributed by atoms with Gasteiger partial charge in [0.15, 0.2) is 5.82 Å². The molecule has 0 amide bonds. The van der Waals surface area contributed by atoms with E-state index in [0.717, 1.165) is 23.0 Å². The van der Waals surface area contributed by atoms with E-state index in [0.29, 0.717) is 18.6 Å². The van der Waals surface area contributed by atoms with Crippen LogP contribution in [0.5, 0.6) is 0 Å². The highest BCUT2D eigenvalue weighted by atomic mass is 19.4. The molecule has 2 N–H and O–H groups in total. The molecule has 0 aliphatic carbocycles. The van der Waals surface area contributed by atoms with Gasteiger partial charge in [0, 0.05) is 25.0 Å². The fraction of sp³-hybridized carbons (Fsp3) is 0.333. The Hall–Kier alpha value is -4.55. The van der Waals surface area contributed by atoms with E-state index in [9.17, 15) is 49.1 Å². The SMILES string of the molecule is O=c1[nH]ncc(NC(CCCn2cnc3cc(-c4ncc(C(F)(F)F)cn4)c(F)cc3c2=O)COC(F)F)c1C(F)(F)F. The van der Waals surface area contributed by atoms with Crippen LogP contribution in [0.2, 0.25) is 0 Å². The second-order valence-corrected chi connectivity index (χ2v) is 8.95. The van der Waals surface area contributed by atoms with E-state index in [2.05, 4.69) is 30.1 Å². The molecule has 0 spiro atoms. The molecule has 4 aromatic rings. The monoisotopic (exact) mass is 623 g/mol. The first-order chi connectivity index (χ1) is 20.1. The summed E-state index contributed by atoms with van der Waals surface area (Å²) < 4.78 is 124. The Kier molecular flexibility index (Phi) is 9.02. The van der Waals surface area contributed by atoms with Crippen molar-refractivity contribution in [3.8, 4) is 11.4 Å². The molecule has 3 aromatic heterocycles. The number of anilines is 1. The molecular weight excluding hydrogens is 605 g/mol. The molecule has 1 unspecified atom stereocenters. The van der Waals surface area contributed by atoms with Gasteiger partial charge in [-0.2, -0.15) is 40.2 Å². The van der Waals surface area contributed by atoms with Crippen molar-refractivity contribution < 1.29 is 44.3 Å². The summed E-state index contributed by atoms with van der Waals surface area (Å²) in [4.78, 5) is 35.8. The number of alkyl halides is 8. The van der Waals surface area contributed by atoms with Crippen molar-refractivity contribution in [3.05, 3.63) is 74.7 Å². The van der Waals surface area contributed by atoms with Crippen LogP contribution < -0.4 is 16.4 Å². The Morgan fingerprint density at radius 3 is 2.30 bits per heavy atom. The summed E-state index contributed by atoms with van der Waals surface area (Å²) in [5.74, 6) is -1.41. The largest absolute Gasteiger partial charge is 0.423 e. The molecule has 0 fully saturated rings. The molecule has 0 saturated carbocycles. The maximum absolute atomic E-state index is 14.8. The van der Waals surface area contributed by atoms with Crippen molar-refractivity contribution in [1.82, 2.24) is 29.7 Å². The summed E-state index contributed by atoms with van der Waals surface area (Å²) in [6.07, 6.45) is -7.26. The van der Waals surface area contributed by atoms with E-state index in [1.54, 1.807) is 5.10 Å². The number of aromatic nitrogens is 6. The lowest BCUT2D eigenvalue weighted by atomic mass is 10.1. The fourth-order valence-electron chi connectivity index (χ4n) is 4.03. The van der Waals surface area contributed by atoms with Crippen LogP contribution in [0, 0.1) is 5.82 Å². The normalized spacial score (nSPS) is 13.1. The van der Waals surface area contributed by atoms with Gasteiger partial charge in [-0.1, -0.05) is 0 Å². The highest BCUT2D eigenvalue weighted by Crippen LogP contribution is 2.32. The Morgan fingerprint density at radius 2 is 1.67 bits per heavy atom. The fourth-order valence-corrected chi connectivity index (χ4v) is 4.03. The number of hydrogen-bond donors (Lipinski definition) is 2. The molecule has 230 valence electrons. The smallest absolute Gasteiger partial charge is 0.378 e. The van der Waals surface area contributed by atoms with Crippen LogP contribution in [0.3, 0.4) is 0 Å². The third kappa shape index (κ3) is 7.46. The zero-order chi connectivity index (χ0) is 31.5. The van der Waals surface area contributed by atoms with Gasteiger partial charge < -0.3 is 10.1 Å². The lowest BCUT2D eigenvalue weighted by Crippen LogP contribution is -2.32. The third-order valence-electron chi connectivity index (χ3n) is 6.01. The molecule has 19 heteroatoms. The van der Waals surface area contributed by atoms with Crippen molar-refractivity contribution in [2.45, 2.75) is 44.4 Å². The van der Waals surface area contributed by atoms with Crippen molar-refractivity contribution in [1.29, 1.82) is 0 Å². The van der Waals surface area contributed by atoms with Crippen LogP contribution in [-0.2, 0) is 23.6 Å². The topological polar surface area (TPSA) is 128 Å². The summed E-state index contributed by atoms with van der Waals surface area (Å²) in [6, 6.07) is 0.692. The van der Waals surface area contributed by atoms with Crippen LogP contribution in [-0.4, -0.2) is 49.0 Å². The Labute approximate surface area is 233 Å². The summed E-state index contributed by atoms with van der Waals surface area (Å²) in [5, 5.41) is 7.06. The van der Waals surface area contributed by atoms with Crippen LogP contribution >= 0.6 is 0 Å². The molecule has 43 heavy (non-hydrogen) atoms. The van der Waals surface area contributed by atoms with Crippen LogP contribution in [0.25, 0.3) is 22.3 Å². The maximum Gasteiger partial charge on any atom is 0.423 e. The minimum atomic E-state index is -5.09. The van der Waals surface area contributed by atoms with Crippen LogP contribution in [0.1, 0.15) is 24.0 Å². The van der Waals surface area contributed by atoms with Gasteiger partial charge in [-0.3, -0.25) is 14.2 Å². The number of ether oxygens (including phenoxy) is 1. The van der Waals surface area contributed by atoms with Crippen molar-refractivity contribution in [2.24, 2.45) is 0 Å². The van der Waals surface area contributed by atoms with Gasteiger partial charge in [0.1, 0.15) is 11.4 Å². The molecule has 0 aliphatic rings. The third-order valence-corrected chi connectivity index (χ3v) is 6.01. The highest BCUT2D eigenvalue weighted by molar-refractivity contribution is 5.82. The number of nitrogens with one attached hydrogen (secondary N) is 2. The van der Waals surface area contributed by atoms with Gasteiger partial charge >= 0.3 is 19.0 Å². The first-order valence-corrected chi connectivity index (χ1v) is 12.0. The van der Waals surface area contributed by atoms with Gasteiger partial charge in [-0.15, -0.1) is 0 Å².